The van der Waals surface area contributed by atoms with Gasteiger partial charge in [0.1, 0.15) is 5.82 Å². The van der Waals surface area contributed by atoms with Crippen molar-refractivity contribution in [3.63, 3.8) is 0 Å². The van der Waals surface area contributed by atoms with Crippen LogP contribution in [0.3, 0.4) is 0 Å². The van der Waals surface area contributed by atoms with Crippen LogP contribution >= 0.6 is 12.4 Å². The summed E-state index contributed by atoms with van der Waals surface area (Å²) in [6.45, 7) is 8.07. The van der Waals surface area contributed by atoms with Crippen molar-refractivity contribution in [2.45, 2.75) is 52.1 Å². The number of nitrogens with one attached hydrogen (secondary N) is 2. The summed E-state index contributed by atoms with van der Waals surface area (Å²) >= 11 is 0. The van der Waals surface area contributed by atoms with Crippen LogP contribution in [0.25, 0.3) is 11.0 Å². The van der Waals surface area contributed by atoms with Gasteiger partial charge in [-0.25, -0.2) is 4.98 Å². The van der Waals surface area contributed by atoms with Gasteiger partial charge in [0.05, 0.1) is 11.0 Å². The van der Waals surface area contributed by atoms with Gasteiger partial charge in [0, 0.05) is 31.0 Å². The predicted molar refractivity (Wildman–Crippen MR) is 104 cm³/mol. The van der Waals surface area contributed by atoms with Crippen LogP contribution in [0.2, 0.25) is 0 Å². The lowest BCUT2D eigenvalue weighted by Gasteiger charge is -2.27. The molecule has 138 valence electrons. The molecule has 0 bridgehead atoms. The molecule has 0 spiro atoms. The lowest BCUT2D eigenvalue weighted by atomic mass is 9.92. The number of hydrogen-bond donors (Lipinski definition) is 2. The number of aromatic nitrogens is 2. The van der Waals surface area contributed by atoms with Crippen molar-refractivity contribution in [1.82, 2.24) is 20.2 Å². The van der Waals surface area contributed by atoms with Crippen molar-refractivity contribution in [3.05, 3.63) is 30.1 Å². The number of hydrogen-bond acceptors (Lipinski definition) is 3. The Labute approximate surface area is 156 Å². The van der Waals surface area contributed by atoms with Crippen LogP contribution in [0.4, 0.5) is 0 Å². The minimum Gasteiger partial charge on any atom is -0.355 e. The summed E-state index contributed by atoms with van der Waals surface area (Å²) in [7, 11) is 0. The molecule has 1 saturated heterocycles. The fourth-order valence-corrected chi connectivity index (χ4v) is 3.66. The zero-order valence-electron chi connectivity index (χ0n) is 15.3. The number of para-hydroxylation sites is 2. The minimum atomic E-state index is 0. The first-order valence-corrected chi connectivity index (χ1v) is 9.03. The Balaban J connectivity index is 0.00000225. The van der Waals surface area contributed by atoms with Crippen LogP contribution in [0.1, 0.15) is 45.5 Å². The Morgan fingerprint density at radius 1 is 1.40 bits per heavy atom. The number of piperidine rings is 1. The number of nitrogens with zero attached hydrogens (tertiary/aromatic N) is 2. The number of halogens is 1. The quantitative estimate of drug-likeness (QED) is 0.857. The van der Waals surface area contributed by atoms with Crippen LogP contribution in [0, 0.1) is 5.92 Å². The molecule has 0 saturated carbocycles. The molecule has 25 heavy (non-hydrogen) atoms. The largest absolute Gasteiger partial charge is 0.355 e. The monoisotopic (exact) mass is 364 g/mol. The topological polar surface area (TPSA) is 59.0 Å². The lowest BCUT2D eigenvalue weighted by molar-refractivity contribution is -0.126. The number of imidazole rings is 1. The summed E-state index contributed by atoms with van der Waals surface area (Å²) in [5.41, 5.74) is 2.20. The van der Waals surface area contributed by atoms with Gasteiger partial charge in [-0.15, -0.1) is 12.4 Å². The summed E-state index contributed by atoms with van der Waals surface area (Å²) in [6.07, 6.45) is 2.62. The number of fused-ring (bicyclic) bond motifs is 1. The molecule has 0 radical (unpaired) electrons. The van der Waals surface area contributed by atoms with Crippen molar-refractivity contribution in [1.29, 1.82) is 0 Å². The molecule has 1 fully saturated rings. The molecule has 0 aliphatic carbocycles. The number of carbonyl (C=O) groups excluding carboxylic acids is 1. The van der Waals surface area contributed by atoms with E-state index in [2.05, 4.69) is 42.0 Å². The van der Waals surface area contributed by atoms with Gasteiger partial charge in [-0.3, -0.25) is 4.79 Å². The number of carbonyl (C=O) groups is 1. The maximum absolute atomic E-state index is 12.4. The van der Waals surface area contributed by atoms with Crippen molar-refractivity contribution in [2.24, 2.45) is 5.92 Å². The molecule has 1 aliphatic rings. The smallest absolute Gasteiger partial charge is 0.223 e. The van der Waals surface area contributed by atoms with Gasteiger partial charge < -0.3 is 15.2 Å². The van der Waals surface area contributed by atoms with Crippen LogP contribution in [0.15, 0.2) is 24.3 Å². The van der Waals surface area contributed by atoms with Crippen LogP contribution < -0.4 is 10.6 Å². The van der Waals surface area contributed by atoms with Crippen molar-refractivity contribution in [3.8, 4) is 0 Å². The van der Waals surface area contributed by atoms with Crippen molar-refractivity contribution >= 4 is 29.3 Å². The standard InChI is InChI=1S/C19H28N4O.ClH/c1-13(2)23-17-7-5-4-6-16(17)22-18(23)9-11-21-19(24)15-8-10-20-14(3)12-15;/h4-7,13-15,20H,8-12H2,1-3H3,(H,21,24);1H/t14-,15-;/m0./s1. The predicted octanol–water partition coefficient (Wildman–Crippen LogP) is 3.09. The van der Waals surface area contributed by atoms with E-state index >= 15 is 0 Å². The van der Waals surface area contributed by atoms with Gasteiger partial charge in [0.2, 0.25) is 5.91 Å². The highest BCUT2D eigenvalue weighted by molar-refractivity contribution is 5.85. The zero-order valence-corrected chi connectivity index (χ0v) is 16.1. The third-order valence-electron chi connectivity index (χ3n) is 4.83. The number of rotatable bonds is 5. The van der Waals surface area contributed by atoms with E-state index in [4.69, 9.17) is 4.98 Å². The average molecular weight is 365 g/mol. The molecule has 2 heterocycles. The molecule has 1 aromatic carbocycles. The molecular weight excluding hydrogens is 336 g/mol. The first-order chi connectivity index (χ1) is 11.6. The highest BCUT2D eigenvalue weighted by atomic mass is 35.5. The molecule has 2 aromatic rings. The van der Waals surface area contributed by atoms with Gasteiger partial charge in [0.15, 0.2) is 0 Å². The van der Waals surface area contributed by atoms with Gasteiger partial charge in [0.25, 0.3) is 0 Å². The van der Waals surface area contributed by atoms with E-state index in [-0.39, 0.29) is 24.2 Å². The second kappa shape index (κ2) is 8.68. The SMILES string of the molecule is CC(C)n1c(CCNC(=O)[C@H]2CCN[C@@H](C)C2)nc2ccccc21.Cl. The number of benzene rings is 1. The Kier molecular flexibility index (Phi) is 6.85. The minimum absolute atomic E-state index is 0. The maximum atomic E-state index is 12.4. The second-order valence-electron chi connectivity index (χ2n) is 7.10. The fourth-order valence-electron chi connectivity index (χ4n) is 3.66. The molecule has 5 nitrogen and oxygen atoms in total. The van der Waals surface area contributed by atoms with Gasteiger partial charge in [-0.2, -0.15) is 0 Å². The van der Waals surface area contributed by atoms with E-state index < -0.39 is 0 Å². The van der Waals surface area contributed by atoms with Crippen LogP contribution in [0.5, 0.6) is 0 Å². The summed E-state index contributed by atoms with van der Waals surface area (Å²) in [6, 6.07) is 9.01. The zero-order chi connectivity index (χ0) is 17.1. The summed E-state index contributed by atoms with van der Waals surface area (Å²) < 4.78 is 2.27. The highest BCUT2D eigenvalue weighted by Gasteiger charge is 2.24. The van der Waals surface area contributed by atoms with Crippen molar-refractivity contribution in [2.75, 3.05) is 13.1 Å². The molecule has 2 N–H and O–H groups in total. The van der Waals surface area contributed by atoms with Gasteiger partial charge in [-0.1, -0.05) is 12.1 Å². The average Bonchev–Trinajstić information content (AvgIpc) is 2.93. The summed E-state index contributed by atoms with van der Waals surface area (Å²) in [4.78, 5) is 17.1. The van der Waals surface area contributed by atoms with E-state index in [1.54, 1.807) is 0 Å². The molecule has 0 unspecified atom stereocenters. The van der Waals surface area contributed by atoms with E-state index in [0.29, 0.717) is 18.6 Å². The molecule has 6 heteroatoms. The van der Waals surface area contributed by atoms with E-state index in [9.17, 15) is 4.79 Å². The first-order valence-electron chi connectivity index (χ1n) is 9.03. The summed E-state index contributed by atoms with van der Waals surface area (Å²) in [5.74, 6) is 1.38. The molecule has 1 aromatic heterocycles. The molecule has 1 amide bonds. The Hall–Kier alpha value is -1.59. The first kappa shape index (κ1) is 19.7. The maximum Gasteiger partial charge on any atom is 0.223 e. The van der Waals surface area contributed by atoms with E-state index in [1.807, 2.05) is 18.2 Å². The van der Waals surface area contributed by atoms with Crippen LogP contribution in [-0.4, -0.2) is 34.6 Å². The third kappa shape index (κ3) is 4.53. The molecular formula is C19H29ClN4O. The van der Waals surface area contributed by atoms with E-state index in [0.717, 1.165) is 37.1 Å². The normalized spacial score (nSPS) is 20.5. The van der Waals surface area contributed by atoms with Gasteiger partial charge >= 0.3 is 0 Å². The Morgan fingerprint density at radius 2 is 2.16 bits per heavy atom. The highest BCUT2D eigenvalue weighted by Crippen LogP contribution is 2.21. The molecule has 2 atom stereocenters. The lowest BCUT2D eigenvalue weighted by Crippen LogP contribution is -2.42. The van der Waals surface area contributed by atoms with Crippen LogP contribution in [-0.2, 0) is 11.2 Å². The third-order valence-corrected chi connectivity index (χ3v) is 4.83. The fraction of sp³-hybridized carbons (Fsp3) is 0.579. The Bertz CT molecular complexity index is 713. The molecule has 1 aliphatic heterocycles. The second-order valence-corrected chi connectivity index (χ2v) is 7.10. The summed E-state index contributed by atoms with van der Waals surface area (Å²) in [5, 5.41) is 6.50. The van der Waals surface area contributed by atoms with E-state index in [1.165, 1.54) is 5.52 Å². The Morgan fingerprint density at radius 3 is 2.88 bits per heavy atom. The van der Waals surface area contributed by atoms with Gasteiger partial charge in [-0.05, 0) is 52.3 Å². The van der Waals surface area contributed by atoms with Crippen molar-refractivity contribution < 1.29 is 4.79 Å². The number of amides is 1. The molecule has 3 rings (SSSR count).